The quantitative estimate of drug-likeness (QED) is 0.715. The highest BCUT2D eigenvalue weighted by molar-refractivity contribution is 6.47. The summed E-state index contributed by atoms with van der Waals surface area (Å²) in [5.74, 6) is -1.82. The normalized spacial score (nSPS) is 18.4. The minimum Gasteiger partial charge on any atom is -0.534 e. The Labute approximate surface area is 123 Å². The fourth-order valence-electron chi connectivity index (χ4n) is 2.23. The van der Waals surface area contributed by atoms with Crippen molar-refractivity contribution in [3.8, 4) is 5.75 Å². The van der Waals surface area contributed by atoms with Gasteiger partial charge in [-0.15, -0.1) is 0 Å². The van der Waals surface area contributed by atoms with Crippen LogP contribution in [0.2, 0.25) is 0 Å². The van der Waals surface area contributed by atoms with Gasteiger partial charge in [-0.2, -0.15) is 0 Å². The number of amides is 1. The summed E-state index contributed by atoms with van der Waals surface area (Å²) in [6, 6.07) is 4.78. The number of nitrogens with one attached hydrogen (secondary N) is 1. The minimum absolute atomic E-state index is 0.0123. The molecule has 0 fully saturated rings. The molecule has 0 aromatic heterocycles. The summed E-state index contributed by atoms with van der Waals surface area (Å²) in [6.07, 6.45) is 1.04. The van der Waals surface area contributed by atoms with Crippen LogP contribution in [0.25, 0.3) is 0 Å². The van der Waals surface area contributed by atoms with Crippen molar-refractivity contribution < 1.29 is 24.4 Å². The predicted molar refractivity (Wildman–Crippen MR) is 77.1 cm³/mol. The van der Waals surface area contributed by atoms with Gasteiger partial charge in [0, 0.05) is 5.92 Å². The summed E-state index contributed by atoms with van der Waals surface area (Å²) in [5, 5.41) is 21.9. The maximum absolute atomic E-state index is 11.9. The van der Waals surface area contributed by atoms with Gasteiger partial charge >= 0.3 is 13.1 Å². The molecule has 21 heavy (non-hydrogen) atoms. The van der Waals surface area contributed by atoms with E-state index in [2.05, 4.69) is 5.32 Å². The van der Waals surface area contributed by atoms with Crippen LogP contribution < -0.4 is 9.97 Å². The van der Waals surface area contributed by atoms with Gasteiger partial charge in [-0.1, -0.05) is 26.0 Å². The number of carboxylic acids is 1. The molecule has 1 aromatic rings. The molecule has 0 saturated carbocycles. The summed E-state index contributed by atoms with van der Waals surface area (Å²) in [4.78, 5) is 23.0. The molecule has 6 nitrogen and oxygen atoms in total. The zero-order chi connectivity index (χ0) is 15.6. The van der Waals surface area contributed by atoms with Gasteiger partial charge in [-0.05, 0) is 24.5 Å². The van der Waals surface area contributed by atoms with Crippen molar-refractivity contribution in [2.45, 2.75) is 32.6 Å². The fourth-order valence-corrected chi connectivity index (χ4v) is 2.23. The largest absolute Gasteiger partial charge is 0.547 e. The third-order valence-corrected chi connectivity index (χ3v) is 3.74. The first-order valence-corrected chi connectivity index (χ1v) is 6.94. The molecule has 1 heterocycles. The van der Waals surface area contributed by atoms with E-state index in [4.69, 9.17) is 9.76 Å². The summed E-state index contributed by atoms with van der Waals surface area (Å²) >= 11 is 0. The van der Waals surface area contributed by atoms with Crippen molar-refractivity contribution in [2.24, 2.45) is 5.92 Å². The molecule has 0 bridgehead atoms. The predicted octanol–water partition coefficient (Wildman–Crippen LogP) is 0.870. The van der Waals surface area contributed by atoms with Crippen molar-refractivity contribution in [2.75, 3.05) is 0 Å². The number of aromatic carboxylic acids is 1. The monoisotopic (exact) mass is 291 g/mol. The molecule has 2 rings (SSSR count). The van der Waals surface area contributed by atoms with Gasteiger partial charge in [0.1, 0.15) is 5.75 Å². The van der Waals surface area contributed by atoms with Crippen molar-refractivity contribution in [1.82, 2.24) is 5.32 Å². The molecule has 3 N–H and O–H groups in total. The lowest BCUT2D eigenvalue weighted by molar-refractivity contribution is -0.125. The van der Waals surface area contributed by atoms with Gasteiger partial charge < -0.3 is 20.1 Å². The Hall–Kier alpha value is -2.02. The Morgan fingerprint density at radius 3 is 2.86 bits per heavy atom. The van der Waals surface area contributed by atoms with Crippen LogP contribution in [0.15, 0.2) is 18.2 Å². The van der Waals surface area contributed by atoms with Crippen LogP contribution in [0.4, 0.5) is 0 Å². The van der Waals surface area contributed by atoms with Crippen LogP contribution in [0.1, 0.15) is 36.2 Å². The smallest absolute Gasteiger partial charge is 0.534 e. The molecule has 1 aliphatic rings. The fraction of sp³-hybridized carbons (Fsp3) is 0.429. The molecule has 1 aromatic carbocycles. The summed E-state index contributed by atoms with van der Waals surface area (Å²) < 4.78 is 5.31. The number of rotatable bonds is 4. The van der Waals surface area contributed by atoms with Crippen molar-refractivity contribution in [1.29, 1.82) is 0 Å². The van der Waals surface area contributed by atoms with Crippen molar-refractivity contribution >= 4 is 19.0 Å². The number of para-hydroxylation sites is 1. The van der Waals surface area contributed by atoms with Crippen molar-refractivity contribution in [3.63, 3.8) is 0 Å². The summed E-state index contributed by atoms with van der Waals surface area (Å²) in [5.41, 5.74) is 0.674. The lowest BCUT2D eigenvalue weighted by Crippen LogP contribution is -2.54. The van der Waals surface area contributed by atoms with Gasteiger partial charge in [0.25, 0.3) is 0 Å². The molecular formula is C14H18BNO5. The Kier molecular flexibility index (Phi) is 4.52. The first-order valence-electron chi connectivity index (χ1n) is 6.94. The molecular weight excluding hydrogens is 273 g/mol. The van der Waals surface area contributed by atoms with E-state index < -0.39 is 19.0 Å². The Morgan fingerprint density at radius 1 is 1.52 bits per heavy atom. The van der Waals surface area contributed by atoms with E-state index in [9.17, 15) is 14.6 Å². The summed E-state index contributed by atoms with van der Waals surface area (Å²) in [7, 11) is -1.26. The molecule has 0 radical (unpaired) electrons. The van der Waals surface area contributed by atoms with Gasteiger partial charge in [-0.25, -0.2) is 4.79 Å². The first kappa shape index (κ1) is 15.4. The number of carbonyl (C=O) groups excluding carboxylic acids is 1. The SMILES string of the molecule is CCC(C)C(=O)NC1Cc2cccc(C(=O)O)c2OB1O. The number of hydrogen-bond acceptors (Lipinski definition) is 4. The first-order chi connectivity index (χ1) is 9.93. The van der Waals surface area contributed by atoms with Gasteiger partial charge in [-0.3, -0.25) is 4.79 Å². The lowest BCUT2D eigenvalue weighted by atomic mass is 9.72. The second kappa shape index (κ2) is 6.18. The third-order valence-electron chi connectivity index (χ3n) is 3.74. The van der Waals surface area contributed by atoms with E-state index in [1.54, 1.807) is 12.1 Å². The van der Waals surface area contributed by atoms with E-state index in [1.165, 1.54) is 6.07 Å². The van der Waals surface area contributed by atoms with E-state index >= 15 is 0 Å². The Bertz CT molecular complexity index is 562. The molecule has 0 aliphatic carbocycles. The van der Waals surface area contributed by atoms with E-state index in [1.807, 2.05) is 13.8 Å². The van der Waals surface area contributed by atoms with E-state index in [0.29, 0.717) is 18.4 Å². The van der Waals surface area contributed by atoms with Gasteiger partial charge in [0.2, 0.25) is 5.91 Å². The number of carbonyl (C=O) groups is 2. The highest BCUT2D eigenvalue weighted by Crippen LogP contribution is 2.30. The van der Waals surface area contributed by atoms with Crippen LogP contribution in [-0.4, -0.2) is 35.1 Å². The average Bonchev–Trinajstić information content (AvgIpc) is 2.46. The molecule has 0 saturated heterocycles. The molecule has 112 valence electrons. The second-order valence-electron chi connectivity index (χ2n) is 5.24. The number of fused-ring (bicyclic) bond motifs is 1. The lowest BCUT2D eigenvalue weighted by Gasteiger charge is -2.29. The van der Waals surface area contributed by atoms with Crippen LogP contribution in [0.5, 0.6) is 5.75 Å². The van der Waals surface area contributed by atoms with Crippen LogP contribution >= 0.6 is 0 Å². The highest BCUT2D eigenvalue weighted by atomic mass is 16.5. The minimum atomic E-state index is -1.26. The highest BCUT2D eigenvalue weighted by Gasteiger charge is 2.38. The topological polar surface area (TPSA) is 95.9 Å². The zero-order valence-corrected chi connectivity index (χ0v) is 12.0. The zero-order valence-electron chi connectivity index (χ0n) is 12.0. The number of benzene rings is 1. The molecule has 2 unspecified atom stereocenters. The van der Waals surface area contributed by atoms with Crippen molar-refractivity contribution in [3.05, 3.63) is 29.3 Å². The third kappa shape index (κ3) is 3.18. The molecule has 7 heteroatoms. The molecule has 2 atom stereocenters. The second-order valence-corrected chi connectivity index (χ2v) is 5.24. The Balaban J connectivity index is 2.19. The number of hydrogen-bond donors (Lipinski definition) is 3. The number of carboxylic acid groups (broad SMARTS) is 1. The molecule has 0 spiro atoms. The van der Waals surface area contributed by atoms with Gasteiger partial charge in [0.05, 0.1) is 11.5 Å². The average molecular weight is 291 g/mol. The molecule has 1 amide bonds. The summed E-state index contributed by atoms with van der Waals surface area (Å²) in [6.45, 7) is 3.72. The maximum atomic E-state index is 11.9. The molecule has 1 aliphatic heterocycles. The van der Waals surface area contributed by atoms with E-state index in [0.717, 1.165) is 0 Å². The van der Waals surface area contributed by atoms with Crippen LogP contribution in [0.3, 0.4) is 0 Å². The standard InChI is InChI=1S/C14H18BNO5/c1-3-8(2)13(17)16-11-7-9-5-4-6-10(14(18)19)12(9)21-15(11)20/h4-6,8,11,20H,3,7H2,1-2H3,(H,16,17)(H,18,19). The van der Waals surface area contributed by atoms with E-state index in [-0.39, 0.29) is 23.1 Å². The Morgan fingerprint density at radius 2 is 2.24 bits per heavy atom. The maximum Gasteiger partial charge on any atom is 0.547 e. The van der Waals surface area contributed by atoms with Crippen LogP contribution in [0, 0.1) is 5.92 Å². The van der Waals surface area contributed by atoms with Crippen LogP contribution in [-0.2, 0) is 11.2 Å². The van der Waals surface area contributed by atoms with Gasteiger partial charge in [0.15, 0.2) is 0 Å².